The van der Waals surface area contributed by atoms with Crippen molar-refractivity contribution in [2.75, 3.05) is 0 Å². The molecule has 5 nitrogen and oxygen atoms in total. The van der Waals surface area contributed by atoms with Crippen LogP contribution in [0.4, 0.5) is 13.2 Å². The van der Waals surface area contributed by atoms with Gasteiger partial charge < -0.3 is 4.74 Å². The number of ether oxygens (including phenoxy) is 1. The van der Waals surface area contributed by atoms with Gasteiger partial charge in [-0.3, -0.25) is 0 Å². The van der Waals surface area contributed by atoms with Crippen molar-refractivity contribution < 1.29 is 26.3 Å². The van der Waals surface area contributed by atoms with E-state index in [-0.39, 0.29) is 4.90 Å². The molecule has 0 heterocycles. The Kier molecular flexibility index (Phi) is 5.11. The zero-order chi connectivity index (χ0) is 17.8. The third kappa shape index (κ3) is 4.71. The van der Waals surface area contributed by atoms with Crippen LogP contribution < -0.4 is 9.46 Å². The molecule has 0 aliphatic carbocycles. The Labute approximate surface area is 136 Å². The summed E-state index contributed by atoms with van der Waals surface area (Å²) in [5.41, 5.74) is 0.445. The summed E-state index contributed by atoms with van der Waals surface area (Å²) in [4.78, 5) is -0.284. The Balaban J connectivity index is 2.20. The first kappa shape index (κ1) is 17.8. The van der Waals surface area contributed by atoms with Gasteiger partial charge in [0.2, 0.25) is 10.0 Å². The fourth-order valence-corrected chi connectivity index (χ4v) is 2.99. The second kappa shape index (κ2) is 6.90. The highest BCUT2D eigenvalue weighted by Crippen LogP contribution is 2.24. The van der Waals surface area contributed by atoms with E-state index in [0.717, 1.165) is 24.3 Å². The smallest absolute Gasteiger partial charge is 0.406 e. The average molecular weight is 356 g/mol. The minimum Gasteiger partial charge on any atom is -0.406 e. The first-order valence-corrected chi connectivity index (χ1v) is 8.02. The van der Waals surface area contributed by atoms with E-state index in [4.69, 9.17) is 5.26 Å². The molecule has 1 unspecified atom stereocenters. The van der Waals surface area contributed by atoms with Gasteiger partial charge in [0.25, 0.3) is 0 Å². The van der Waals surface area contributed by atoms with E-state index < -0.39 is 28.2 Å². The minimum atomic E-state index is -4.86. The van der Waals surface area contributed by atoms with Crippen LogP contribution in [0.3, 0.4) is 0 Å². The van der Waals surface area contributed by atoms with Crippen LogP contribution in [0.15, 0.2) is 59.5 Å². The van der Waals surface area contributed by atoms with Crippen LogP contribution in [0.25, 0.3) is 0 Å². The van der Waals surface area contributed by atoms with E-state index >= 15 is 0 Å². The molecule has 0 aliphatic heterocycles. The lowest BCUT2D eigenvalue weighted by molar-refractivity contribution is -0.274. The maximum absolute atomic E-state index is 12.2. The number of nitrogens with zero attached hydrogens (tertiary/aromatic N) is 1. The second-order valence-corrected chi connectivity index (χ2v) is 6.33. The van der Waals surface area contributed by atoms with Crippen LogP contribution in [-0.2, 0) is 10.0 Å². The Hall–Kier alpha value is -2.57. The molecular weight excluding hydrogens is 345 g/mol. The number of nitrogens with one attached hydrogen (secondary N) is 1. The summed E-state index contributed by atoms with van der Waals surface area (Å²) < 4.78 is 66.6. The highest BCUT2D eigenvalue weighted by molar-refractivity contribution is 7.89. The molecule has 0 aromatic heterocycles. The van der Waals surface area contributed by atoms with E-state index in [1.807, 2.05) is 6.07 Å². The van der Waals surface area contributed by atoms with Gasteiger partial charge in [-0.15, -0.1) is 13.2 Å². The number of benzene rings is 2. The van der Waals surface area contributed by atoms with Gasteiger partial charge in [-0.2, -0.15) is 9.98 Å². The molecule has 0 aliphatic rings. The molecule has 0 saturated heterocycles. The van der Waals surface area contributed by atoms with Gasteiger partial charge in [0.15, 0.2) is 0 Å². The predicted octanol–water partition coefficient (Wildman–Crippen LogP) is 3.13. The van der Waals surface area contributed by atoms with Crippen LogP contribution in [0.1, 0.15) is 11.6 Å². The summed E-state index contributed by atoms with van der Waals surface area (Å²) >= 11 is 0. The van der Waals surface area contributed by atoms with Crippen LogP contribution >= 0.6 is 0 Å². The maximum Gasteiger partial charge on any atom is 0.573 e. The maximum atomic E-state index is 12.2. The number of hydrogen-bond acceptors (Lipinski definition) is 4. The zero-order valence-electron chi connectivity index (χ0n) is 12.0. The van der Waals surface area contributed by atoms with E-state index in [1.54, 1.807) is 30.3 Å². The van der Waals surface area contributed by atoms with Crippen molar-refractivity contribution in [2.24, 2.45) is 0 Å². The normalized spacial score (nSPS) is 13.1. The summed E-state index contributed by atoms with van der Waals surface area (Å²) in [5, 5.41) is 9.14. The first-order chi connectivity index (χ1) is 11.2. The molecular formula is C15H11F3N2O3S. The van der Waals surface area contributed by atoms with Crippen LogP contribution in [0.2, 0.25) is 0 Å². The quantitative estimate of drug-likeness (QED) is 0.893. The third-order valence-electron chi connectivity index (χ3n) is 2.90. The molecule has 1 atom stereocenters. The van der Waals surface area contributed by atoms with Crippen molar-refractivity contribution in [3.8, 4) is 11.8 Å². The standard InChI is InChI=1S/C15H11F3N2O3S/c16-15(17,18)23-12-6-8-13(9-7-12)24(21,22)20-14(10-19)11-4-2-1-3-5-11/h1-9,14,20H. The summed E-state index contributed by atoms with van der Waals surface area (Å²) in [6, 6.07) is 12.6. The van der Waals surface area contributed by atoms with Gasteiger partial charge in [-0.25, -0.2) is 8.42 Å². The van der Waals surface area contributed by atoms with Gasteiger partial charge in [0.05, 0.1) is 11.0 Å². The first-order valence-electron chi connectivity index (χ1n) is 6.54. The molecule has 2 aromatic carbocycles. The highest BCUT2D eigenvalue weighted by atomic mass is 32.2. The third-order valence-corrected chi connectivity index (χ3v) is 4.34. The van der Waals surface area contributed by atoms with E-state index in [0.29, 0.717) is 5.56 Å². The van der Waals surface area contributed by atoms with Gasteiger partial charge in [0, 0.05) is 0 Å². The van der Waals surface area contributed by atoms with Crippen molar-refractivity contribution >= 4 is 10.0 Å². The highest BCUT2D eigenvalue weighted by Gasteiger charge is 2.31. The summed E-state index contributed by atoms with van der Waals surface area (Å²) in [5.74, 6) is -0.540. The molecule has 0 saturated carbocycles. The topological polar surface area (TPSA) is 79.2 Å². The molecule has 126 valence electrons. The van der Waals surface area contributed by atoms with Crippen molar-refractivity contribution in [2.45, 2.75) is 17.3 Å². The van der Waals surface area contributed by atoms with Crippen LogP contribution in [0.5, 0.6) is 5.75 Å². The number of sulfonamides is 1. The fraction of sp³-hybridized carbons (Fsp3) is 0.133. The fourth-order valence-electron chi connectivity index (χ4n) is 1.86. The van der Waals surface area contributed by atoms with E-state index in [9.17, 15) is 21.6 Å². The Morgan fingerprint density at radius 2 is 1.62 bits per heavy atom. The molecule has 0 amide bonds. The SMILES string of the molecule is N#CC(NS(=O)(=O)c1ccc(OC(F)(F)F)cc1)c1ccccc1. The van der Waals surface area contributed by atoms with Crippen LogP contribution in [-0.4, -0.2) is 14.8 Å². The molecule has 1 N–H and O–H groups in total. The van der Waals surface area contributed by atoms with Gasteiger partial charge in [0.1, 0.15) is 11.8 Å². The number of halogens is 3. The van der Waals surface area contributed by atoms with Crippen molar-refractivity contribution in [1.29, 1.82) is 5.26 Å². The molecule has 0 fully saturated rings. The Morgan fingerprint density at radius 1 is 1.04 bits per heavy atom. The number of alkyl halides is 3. The summed E-state index contributed by atoms with van der Waals surface area (Å²) in [6.07, 6.45) is -4.86. The Bertz CT molecular complexity index is 829. The monoisotopic (exact) mass is 356 g/mol. The van der Waals surface area contributed by atoms with Crippen molar-refractivity contribution in [3.63, 3.8) is 0 Å². The molecule has 0 radical (unpaired) electrons. The lowest BCUT2D eigenvalue weighted by Gasteiger charge is -2.13. The van der Waals surface area contributed by atoms with Gasteiger partial charge in [-0.1, -0.05) is 30.3 Å². The molecule has 24 heavy (non-hydrogen) atoms. The Morgan fingerprint density at radius 3 is 2.12 bits per heavy atom. The van der Waals surface area contributed by atoms with Crippen molar-refractivity contribution in [1.82, 2.24) is 4.72 Å². The van der Waals surface area contributed by atoms with E-state index in [1.165, 1.54) is 0 Å². The van der Waals surface area contributed by atoms with Gasteiger partial charge >= 0.3 is 6.36 Å². The summed E-state index contributed by atoms with van der Waals surface area (Å²) in [6.45, 7) is 0. The van der Waals surface area contributed by atoms with Crippen molar-refractivity contribution in [3.05, 3.63) is 60.2 Å². The van der Waals surface area contributed by atoms with Crippen LogP contribution in [0, 0.1) is 11.3 Å². The second-order valence-electron chi connectivity index (χ2n) is 4.61. The number of hydrogen-bond donors (Lipinski definition) is 1. The number of rotatable bonds is 5. The lowest BCUT2D eigenvalue weighted by Crippen LogP contribution is -2.27. The minimum absolute atomic E-state index is 0.284. The molecule has 2 rings (SSSR count). The molecule has 0 bridgehead atoms. The summed E-state index contributed by atoms with van der Waals surface area (Å²) in [7, 11) is -4.09. The number of nitriles is 1. The lowest BCUT2D eigenvalue weighted by atomic mass is 10.1. The van der Waals surface area contributed by atoms with E-state index in [2.05, 4.69) is 9.46 Å². The molecule has 9 heteroatoms. The molecule has 0 spiro atoms. The van der Waals surface area contributed by atoms with Gasteiger partial charge in [-0.05, 0) is 29.8 Å². The predicted molar refractivity (Wildman–Crippen MR) is 78.2 cm³/mol. The average Bonchev–Trinajstić information content (AvgIpc) is 2.52. The largest absolute Gasteiger partial charge is 0.573 e. The zero-order valence-corrected chi connectivity index (χ0v) is 12.8. The molecule has 2 aromatic rings.